The quantitative estimate of drug-likeness (QED) is 0.168. The lowest BCUT2D eigenvalue weighted by molar-refractivity contribution is 1.12. The summed E-state index contributed by atoms with van der Waals surface area (Å²) in [6.07, 6.45) is 0. The molecule has 256 valence electrons. The van der Waals surface area contributed by atoms with Gasteiger partial charge in [-0.3, -0.25) is 8.97 Å². The smallest absolute Gasteiger partial charge is 0.165 e. The van der Waals surface area contributed by atoms with Crippen LogP contribution < -0.4 is 0 Å². The summed E-state index contributed by atoms with van der Waals surface area (Å²) < 4.78 is 7.18. The summed E-state index contributed by atoms with van der Waals surface area (Å²) >= 11 is 0. The van der Waals surface area contributed by atoms with Crippen LogP contribution in [-0.4, -0.2) is 18.5 Å². The van der Waals surface area contributed by atoms with Gasteiger partial charge in [0.1, 0.15) is 11.2 Å². The van der Waals surface area contributed by atoms with Gasteiger partial charge in [-0.2, -0.15) is 0 Å². The van der Waals surface area contributed by atoms with Gasteiger partial charge in [0.2, 0.25) is 0 Å². The highest BCUT2D eigenvalue weighted by Gasteiger charge is 2.22. The van der Waals surface area contributed by atoms with Crippen LogP contribution in [0.4, 0.5) is 0 Å². The third-order valence-corrected chi connectivity index (χ3v) is 11.4. The van der Waals surface area contributed by atoms with Crippen LogP contribution in [0.15, 0.2) is 194 Å². The lowest BCUT2D eigenvalue weighted by Crippen LogP contribution is -2.00. The Labute approximate surface area is 316 Å². The van der Waals surface area contributed by atoms with Gasteiger partial charge in [-0.15, -0.1) is 0 Å². The molecule has 0 fully saturated rings. The first-order chi connectivity index (χ1) is 27.3. The Hall–Kier alpha value is -7.43. The number of para-hydroxylation sites is 4. The van der Waals surface area contributed by atoms with Crippen molar-refractivity contribution in [1.82, 2.24) is 18.5 Å². The van der Waals surface area contributed by atoms with Crippen LogP contribution in [0.5, 0.6) is 0 Å². The van der Waals surface area contributed by atoms with E-state index in [2.05, 4.69) is 208 Å². The van der Waals surface area contributed by atoms with Crippen molar-refractivity contribution in [3.63, 3.8) is 0 Å². The van der Waals surface area contributed by atoms with Crippen LogP contribution >= 0.6 is 0 Å². The summed E-state index contributed by atoms with van der Waals surface area (Å²) in [5.41, 5.74) is 14.5. The van der Waals surface area contributed by atoms with E-state index < -0.39 is 0 Å². The molecule has 0 N–H and O–H groups in total. The Morgan fingerprint density at radius 3 is 1.36 bits per heavy atom. The molecule has 4 heteroatoms. The number of pyridine rings is 1. The molecule has 4 heterocycles. The predicted octanol–water partition coefficient (Wildman–Crippen LogP) is 13.2. The maximum Gasteiger partial charge on any atom is 0.165 e. The van der Waals surface area contributed by atoms with E-state index in [1.54, 1.807) is 0 Å². The van der Waals surface area contributed by atoms with Crippen molar-refractivity contribution in [2.24, 2.45) is 0 Å². The number of rotatable bonds is 4. The van der Waals surface area contributed by atoms with Crippen LogP contribution in [0.2, 0.25) is 0 Å². The first kappa shape index (κ1) is 30.1. The zero-order valence-corrected chi connectivity index (χ0v) is 29.8. The molecule has 0 radical (unpaired) electrons. The second-order valence-electron chi connectivity index (χ2n) is 14.4. The fourth-order valence-electron chi connectivity index (χ4n) is 8.98. The summed E-state index contributed by atoms with van der Waals surface area (Å²) in [6.45, 7) is 0. The number of aromatic nitrogens is 4. The molecule has 0 atom stereocenters. The molecule has 0 saturated carbocycles. The van der Waals surface area contributed by atoms with Gasteiger partial charge in [0, 0.05) is 32.6 Å². The van der Waals surface area contributed by atoms with Gasteiger partial charge >= 0.3 is 0 Å². The van der Waals surface area contributed by atoms with E-state index >= 15 is 0 Å². The van der Waals surface area contributed by atoms with Crippen LogP contribution in [0.25, 0.3) is 105 Å². The topological polar surface area (TPSA) is 27.2 Å². The van der Waals surface area contributed by atoms with E-state index in [0.717, 1.165) is 55.7 Å². The zero-order chi connectivity index (χ0) is 36.0. The number of nitrogens with zero attached hydrogens (tertiary/aromatic N) is 4. The van der Waals surface area contributed by atoms with Gasteiger partial charge in [0.15, 0.2) is 5.65 Å². The summed E-state index contributed by atoms with van der Waals surface area (Å²) in [4.78, 5) is 5.57. The average molecular weight is 701 g/mol. The molecule has 0 bridgehead atoms. The minimum absolute atomic E-state index is 0.937. The first-order valence-corrected chi connectivity index (χ1v) is 18.8. The molecule has 0 amide bonds. The minimum Gasteiger partial charge on any atom is -0.309 e. The highest BCUT2D eigenvalue weighted by molar-refractivity contribution is 6.17. The SMILES string of the molecule is c1ccc(-c2ccc(-c3cc(-n4c5ccccc5c5ccccc54)cc(-n4c5ccccc5c5c4nc4c6ccccc6c6ccccc6n45)c3)cc2)cc1. The van der Waals surface area contributed by atoms with Crippen molar-refractivity contribution in [3.8, 4) is 33.6 Å². The number of benzene rings is 8. The maximum atomic E-state index is 5.57. The monoisotopic (exact) mass is 700 g/mol. The fourth-order valence-corrected chi connectivity index (χ4v) is 8.98. The maximum absolute atomic E-state index is 5.57. The third-order valence-electron chi connectivity index (χ3n) is 11.4. The second kappa shape index (κ2) is 11.5. The first-order valence-electron chi connectivity index (χ1n) is 18.8. The molecule has 0 spiro atoms. The van der Waals surface area contributed by atoms with Gasteiger partial charge in [-0.25, -0.2) is 4.98 Å². The third kappa shape index (κ3) is 4.37. The Bertz CT molecular complexity index is 3420. The fraction of sp³-hybridized carbons (Fsp3) is 0. The van der Waals surface area contributed by atoms with Crippen LogP contribution in [0.3, 0.4) is 0 Å². The van der Waals surface area contributed by atoms with Crippen molar-refractivity contribution in [2.75, 3.05) is 0 Å². The molecule has 12 rings (SSSR count). The lowest BCUT2D eigenvalue weighted by atomic mass is 9.99. The largest absolute Gasteiger partial charge is 0.309 e. The number of hydrogen-bond acceptors (Lipinski definition) is 1. The van der Waals surface area contributed by atoms with E-state index in [-0.39, 0.29) is 0 Å². The van der Waals surface area contributed by atoms with Crippen molar-refractivity contribution < 1.29 is 0 Å². The molecule has 0 aliphatic rings. The molecule has 0 aliphatic heterocycles. The average Bonchev–Trinajstić information content (AvgIpc) is 3.92. The standard InChI is InChI=1S/C51H32N4/c1-2-14-33(15-3-1)34-26-28-35(29-27-34)36-30-37(53-45-22-10-7-18-41(45)42-19-8-11-23-46(42)53)32-38(31-36)54-48-25-13-9-21-44(48)49-51(54)52-50-43-20-5-4-16-39(43)40-17-6-12-24-47(40)55(49)50/h1-32H. The number of imidazole rings is 1. The van der Waals surface area contributed by atoms with E-state index in [1.165, 1.54) is 49.1 Å². The highest BCUT2D eigenvalue weighted by atomic mass is 15.1. The van der Waals surface area contributed by atoms with Gasteiger partial charge in [0.25, 0.3) is 0 Å². The molecule has 4 nitrogen and oxygen atoms in total. The second-order valence-corrected chi connectivity index (χ2v) is 14.4. The van der Waals surface area contributed by atoms with Gasteiger partial charge in [-0.1, -0.05) is 152 Å². The summed E-state index contributed by atoms with van der Waals surface area (Å²) in [6, 6.07) is 70.2. The van der Waals surface area contributed by atoms with Crippen molar-refractivity contribution in [2.45, 2.75) is 0 Å². The molecule has 0 unspecified atom stereocenters. The molecular formula is C51H32N4. The predicted molar refractivity (Wildman–Crippen MR) is 230 cm³/mol. The van der Waals surface area contributed by atoms with Gasteiger partial charge in [0.05, 0.1) is 27.8 Å². The molecule has 55 heavy (non-hydrogen) atoms. The summed E-state index contributed by atoms with van der Waals surface area (Å²) in [5.74, 6) is 0. The molecule has 8 aromatic carbocycles. The van der Waals surface area contributed by atoms with E-state index in [4.69, 9.17) is 4.98 Å². The van der Waals surface area contributed by atoms with Crippen LogP contribution in [0, 0.1) is 0 Å². The molecule has 0 aliphatic carbocycles. The Morgan fingerprint density at radius 2 is 0.727 bits per heavy atom. The number of hydrogen-bond donors (Lipinski definition) is 0. The Kier molecular flexibility index (Phi) is 6.31. The molecule has 4 aromatic heterocycles. The number of fused-ring (bicyclic) bond motifs is 13. The molecule has 0 saturated heterocycles. The summed E-state index contributed by atoms with van der Waals surface area (Å²) in [5, 5.41) is 7.23. The van der Waals surface area contributed by atoms with Crippen molar-refractivity contribution in [3.05, 3.63) is 194 Å². The van der Waals surface area contributed by atoms with E-state index in [9.17, 15) is 0 Å². The van der Waals surface area contributed by atoms with Crippen LogP contribution in [0.1, 0.15) is 0 Å². The minimum atomic E-state index is 0.937. The summed E-state index contributed by atoms with van der Waals surface area (Å²) in [7, 11) is 0. The lowest BCUT2D eigenvalue weighted by Gasteiger charge is -2.15. The van der Waals surface area contributed by atoms with Crippen molar-refractivity contribution in [1.29, 1.82) is 0 Å². The van der Waals surface area contributed by atoms with E-state index in [1.807, 2.05) is 0 Å². The Morgan fingerprint density at radius 1 is 0.291 bits per heavy atom. The Balaban J connectivity index is 1.19. The zero-order valence-electron chi connectivity index (χ0n) is 29.8. The van der Waals surface area contributed by atoms with Crippen molar-refractivity contribution >= 4 is 71.2 Å². The van der Waals surface area contributed by atoms with Gasteiger partial charge in [-0.05, 0) is 70.1 Å². The molecular weight excluding hydrogens is 669 g/mol. The van der Waals surface area contributed by atoms with Crippen LogP contribution in [-0.2, 0) is 0 Å². The normalized spacial score (nSPS) is 12.0. The highest BCUT2D eigenvalue weighted by Crippen LogP contribution is 2.40. The van der Waals surface area contributed by atoms with Gasteiger partial charge < -0.3 is 4.57 Å². The van der Waals surface area contributed by atoms with E-state index in [0.29, 0.717) is 0 Å². The molecule has 12 aromatic rings.